The molecular weight excluding hydrogens is 310 g/mol. The molecule has 3 rings (SSSR count). The third kappa shape index (κ3) is 3.55. The Morgan fingerprint density at radius 2 is 2.22 bits per heavy atom. The van der Waals surface area contributed by atoms with Gasteiger partial charge in [-0.1, -0.05) is 0 Å². The molecule has 1 saturated heterocycles. The summed E-state index contributed by atoms with van der Waals surface area (Å²) in [4.78, 5) is 18.6. The predicted molar refractivity (Wildman–Crippen MR) is 90.5 cm³/mol. The van der Waals surface area contributed by atoms with Crippen molar-refractivity contribution >= 4 is 17.4 Å². The van der Waals surface area contributed by atoms with Crippen molar-refractivity contribution in [2.45, 2.75) is 45.2 Å². The molecule has 1 aliphatic heterocycles. The number of likely N-dealkylation sites (tertiary alicyclic amines) is 1. The molecule has 1 aliphatic rings. The molecule has 2 aromatic heterocycles. The number of amides is 2. The molecule has 7 heteroatoms. The molecule has 0 bridgehead atoms. The number of hydrogen-bond acceptors (Lipinski definition) is 4. The van der Waals surface area contributed by atoms with Crippen LogP contribution in [-0.4, -0.2) is 38.8 Å². The van der Waals surface area contributed by atoms with Gasteiger partial charge in [-0.2, -0.15) is 5.10 Å². The van der Waals surface area contributed by atoms with Crippen LogP contribution in [0.25, 0.3) is 0 Å². The Bertz CT molecular complexity index is 631. The van der Waals surface area contributed by atoms with Gasteiger partial charge in [-0.15, -0.1) is 11.3 Å². The molecule has 0 saturated carbocycles. The molecule has 6 nitrogen and oxygen atoms in total. The Hall–Kier alpha value is -1.89. The van der Waals surface area contributed by atoms with Crippen LogP contribution in [0, 0.1) is 0 Å². The van der Waals surface area contributed by atoms with Crippen molar-refractivity contribution in [2.24, 2.45) is 0 Å². The zero-order chi connectivity index (χ0) is 16.2. The summed E-state index contributed by atoms with van der Waals surface area (Å²) in [6.45, 7) is 6.56. The maximum Gasteiger partial charge on any atom is 0.317 e. The number of carbonyl (C=O) groups excluding carboxylic acids is 1. The number of carbonyl (C=O) groups is 1. The summed E-state index contributed by atoms with van der Waals surface area (Å²) in [5.41, 5.74) is 1.30. The van der Waals surface area contributed by atoms with Crippen LogP contribution in [0.15, 0.2) is 23.8 Å². The highest BCUT2D eigenvalue weighted by Crippen LogP contribution is 2.28. The number of piperidine rings is 1. The maximum atomic E-state index is 12.4. The van der Waals surface area contributed by atoms with Gasteiger partial charge in [0.25, 0.3) is 0 Å². The second kappa shape index (κ2) is 7.12. The van der Waals surface area contributed by atoms with Crippen LogP contribution in [0.4, 0.5) is 4.79 Å². The molecule has 23 heavy (non-hydrogen) atoms. The van der Waals surface area contributed by atoms with Crippen LogP contribution in [0.1, 0.15) is 49.4 Å². The monoisotopic (exact) mass is 333 g/mol. The first-order chi connectivity index (χ1) is 11.2. The molecule has 0 spiro atoms. The molecule has 2 aromatic rings. The van der Waals surface area contributed by atoms with Crippen molar-refractivity contribution < 1.29 is 4.79 Å². The zero-order valence-corrected chi connectivity index (χ0v) is 14.4. The fraction of sp³-hybridized carbons (Fsp3) is 0.562. The fourth-order valence-electron chi connectivity index (χ4n) is 3.12. The van der Waals surface area contributed by atoms with Gasteiger partial charge in [-0.05, 0) is 32.8 Å². The predicted octanol–water partition coefficient (Wildman–Crippen LogP) is 3.01. The lowest BCUT2D eigenvalue weighted by atomic mass is 9.93. The second-order valence-corrected chi connectivity index (χ2v) is 6.80. The van der Waals surface area contributed by atoms with Gasteiger partial charge in [0, 0.05) is 49.0 Å². The first-order valence-corrected chi connectivity index (χ1v) is 9.03. The Balaban J connectivity index is 1.53. The summed E-state index contributed by atoms with van der Waals surface area (Å²) in [6, 6.07) is 2.07. The number of rotatable bonds is 4. The second-order valence-electron chi connectivity index (χ2n) is 5.87. The average molecular weight is 333 g/mol. The van der Waals surface area contributed by atoms with E-state index >= 15 is 0 Å². The van der Waals surface area contributed by atoms with E-state index in [9.17, 15) is 4.79 Å². The van der Waals surface area contributed by atoms with Crippen LogP contribution >= 0.6 is 11.3 Å². The number of hydrogen-bond donors (Lipinski definition) is 1. The minimum absolute atomic E-state index is 0.00940. The number of aryl methyl sites for hydroxylation is 1. The fourth-order valence-corrected chi connectivity index (χ4v) is 3.76. The van der Waals surface area contributed by atoms with Gasteiger partial charge in [0.2, 0.25) is 0 Å². The third-order valence-corrected chi connectivity index (χ3v) is 5.37. The van der Waals surface area contributed by atoms with E-state index in [1.807, 2.05) is 23.4 Å². The van der Waals surface area contributed by atoms with Crippen LogP contribution in [0.2, 0.25) is 0 Å². The molecule has 0 unspecified atom stereocenters. The first kappa shape index (κ1) is 16.0. The van der Waals surface area contributed by atoms with Crippen LogP contribution in [-0.2, 0) is 6.54 Å². The van der Waals surface area contributed by atoms with E-state index in [-0.39, 0.29) is 12.1 Å². The van der Waals surface area contributed by atoms with Crippen LogP contribution in [0.3, 0.4) is 0 Å². The summed E-state index contributed by atoms with van der Waals surface area (Å²) in [5.74, 6) is 0.498. The van der Waals surface area contributed by atoms with Gasteiger partial charge in [0.15, 0.2) is 0 Å². The molecule has 0 radical (unpaired) electrons. The molecular formula is C16H23N5OS. The van der Waals surface area contributed by atoms with Gasteiger partial charge in [0.05, 0.1) is 6.04 Å². The summed E-state index contributed by atoms with van der Waals surface area (Å²) >= 11 is 1.57. The van der Waals surface area contributed by atoms with E-state index in [1.54, 1.807) is 17.5 Å². The Kier molecular flexibility index (Phi) is 4.95. The molecule has 0 aliphatic carbocycles. The van der Waals surface area contributed by atoms with Gasteiger partial charge in [-0.25, -0.2) is 9.78 Å². The molecule has 2 amide bonds. The van der Waals surface area contributed by atoms with Gasteiger partial charge >= 0.3 is 6.03 Å². The molecule has 1 atom stereocenters. The quantitative estimate of drug-likeness (QED) is 0.935. The SMILES string of the molecule is CCn1nccc1C1CCN(C(=O)N[C@@H](C)c2nccs2)CC1. The summed E-state index contributed by atoms with van der Waals surface area (Å²) in [6.07, 6.45) is 5.62. The molecule has 124 valence electrons. The Labute approximate surface area is 140 Å². The molecule has 1 fully saturated rings. The van der Waals surface area contributed by atoms with Crippen molar-refractivity contribution in [2.75, 3.05) is 13.1 Å². The maximum absolute atomic E-state index is 12.4. The summed E-state index contributed by atoms with van der Waals surface area (Å²) < 4.78 is 2.06. The lowest BCUT2D eigenvalue weighted by Crippen LogP contribution is -2.45. The van der Waals surface area contributed by atoms with E-state index < -0.39 is 0 Å². The molecule has 1 N–H and O–H groups in total. The first-order valence-electron chi connectivity index (χ1n) is 8.15. The van der Waals surface area contributed by atoms with Gasteiger partial charge in [0.1, 0.15) is 5.01 Å². The third-order valence-electron chi connectivity index (χ3n) is 4.41. The minimum atomic E-state index is -0.0400. The van der Waals surface area contributed by atoms with Gasteiger partial charge < -0.3 is 10.2 Å². The lowest BCUT2D eigenvalue weighted by Gasteiger charge is -2.32. The standard InChI is InChI=1S/C16H23N5OS/c1-3-21-14(4-7-18-21)13-5-9-20(10-6-13)16(22)19-12(2)15-17-8-11-23-15/h4,7-8,11-13H,3,5-6,9-10H2,1-2H3,(H,19,22)/t12-/m0/s1. The highest BCUT2D eigenvalue weighted by molar-refractivity contribution is 7.09. The highest BCUT2D eigenvalue weighted by atomic mass is 32.1. The van der Waals surface area contributed by atoms with Crippen molar-refractivity contribution in [1.82, 2.24) is 25.0 Å². The molecule has 0 aromatic carbocycles. The minimum Gasteiger partial charge on any atom is -0.329 e. The number of nitrogens with zero attached hydrogens (tertiary/aromatic N) is 4. The van der Waals surface area contributed by atoms with Crippen molar-refractivity contribution in [1.29, 1.82) is 0 Å². The van der Waals surface area contributed by atoms with E-state index in [0.717, 1.165) is 37.5 Å². The highest BCUT2D eigenvalue weighted by Gasteiger charge is 2.26. The van der Waals surface area contributed by atoms with Crippen molar-refractivity contribution in [3.05, 3.63) is 34.5 Å². The van der Waals surface area contributed by atoms with E-state index in [4.69, 9.17) is 0 Å². The van der Waals surface area contributed by atoms with Crippen molar-refractivity contribution in [3.63, 3.8) is 0 Å². The average Bonchev–Trinajstić information content (AvgIpc) is 3.26. The lowest BCUT2D eigenvalue weighted by molar-refractivity contribution is 0.177. The van der Waals surface area contributed by atoms with Crippen LogP contribution < -0.4 is 5.32 Å². The summed E-state index contributed by atoms with van der Waals surface area (Å²) in [5, 5.41) is 10.3. The number of nitrogens with one attached hydrogen (secondary N) is 1. The Morgan fingerprint density at radius 3 is 2.87 bits per heavy atom. The van der Waals surface area contributed by atoms with E-state index in [0.29, 0.717) is 5.92 Å². The largest absolute Gasteiger partial charge is 0.329 e. The number of aromatic nitrogens is 3. The zero-order valence-electron chi connectivity index (χ0n) is 13.6. The normalized spacial score (nSPS) is 17.2. The number of urea groups is 1. The van der Waals surface area contributed by atoms with Gasteiger partial charge in [-0.3, -0.25) is 4.68 Å². The smallest absolute Gasteiger partial charge is 0.317 e. The van der Waals surface area contributed by atoms with Crippen molar-refractivity contribution in [3.8, 4) is 0 Å². The number of thiazole rings is 1. The Morgan fingerprint density at radius 1 is 1.43 bits per heavy atom. The molecule has 3 heterocycles. The van der Waals surface area contributed by atoms with E-state index in [1.165, 1.54) is 5.69 Å². The van der Waals surface area contributed by atoms with E-state index in [2.05, 4.69) is 33.1 Å². The van der Waals surface area contributed by atoms with Crippen LogP contribution in [0.5, 0.6) is 0 Å². The topological polar surface area (TPSA) is 63.1 Å². The summed E-state index contributed by atoms with van der Waals surface area (Å²) in [7, 11) is 0.